The van der Waals surface area contributed by atoms with E-state index in [0.717, 1.165) is 12.3 Å². The van der Waals surface area contributed by atoms with Crippen LogP contribution in [0.25, 0.3) is 0 Å². The van der Waals surface area contributed by atoms with Crippen molar-refractivity contribution >= 4 is 94.0 Å². The number of Topliss-reactive ketones (excluding diaryl/α,β-unsaturated/α-hetero) is 3. The van der Waals surface area contributed by atoms with Gasteiger partial charge in [0.1, 0.15) is 18.6 Å². The number of benzene rings is 1. The molecule has 7 N–H and O–H groups in total. The van der Waals surface area contributed by atoms with Gasteiger partial charge < -0.3 is 37.2 Å². The highest BCUT2D eigenvalue weighted by atomic mass is 32.2. The monoisotopic (exact) mass is 1210 g/mol. The van der Waals surface area contributed by atoms with E-state index in [0.29, 0.717) is 45.6 Å². The molecular formula is C60H111N9O12S2+2. The van der Waals surface area contributed by atoms with E-state index in [1.807, 2.05) is 62.6 Å². The maximum absolute atomic E-state index is 13.2. The molecule has 0 spiro atoms. The highest BCUT2D eigenvalue weighted by Crippen LogP contribution is 2.22. The second-order valence-electron chi connectivity index (χ2n) is 20.8. The van der Waals surface area contributed by atoms with E-state index in [1.54, 1.807) is 84.5 Å². The first-order valence-electron chi connectivity index (χ1n) is 29.2. The van der Waals surface area contributed by atoms with Gasteiger partial charge in [-0.3, -0.25) is 56.9 Å². The van der Waals surface area contributed by atoms with Gasteiger partial charge >= 0.3 is 11.8 Å². The maximum Gasteiger partial charge on any atom is 0.332 e. The standard InChI is InChI=1S/C37H58N6O8S2.C9H16N2O3.C7H16NO.C3H8.2C2H6/c1-11-52-20-28(21-53-23(4)5)34(48)26-12-14-27(15-13-26)35(49)38-18-31(46)41-29(36(50)39-19-32(47)43(8,9)10)16-17-30(45)42-33(22(2)3)37(51)40-24(6)25(7)44;1-4-8(13)10-5-9(14)11-6(2)7(3)12;1-5-7(9)8(3,4)6-2;1-3-2;2*1-2/h12-15,22-24,28-29,33H,11,16-21H2,1-10H3,(H4-,38,39,40,41,42,45,46,49,50,51);6H,4-5H2,1-3H3,(H,10,13)(H,11,14);5-6H2,1-4H3;3H2,1-2H3;2*1-2H3/q;;+1;;;/p+1. The summed E-state index contributed by atoms with van der Waals surface area (Å²) in [6.45, 7) is 33.4. The third-order valence-corrected chi connectivity index (χ3v) is 13.9. The van der Waals surface area contributed by atoms with Crippen LogP contribution in [0.3, 0.4) is 0 Å². The molecule has 0 fully saturated rings. The van der Waals surface area contributed by atoms with Gasteiger partial charge in [0, 0.05) is 41.4 Å². The lowest BCUT2D eigenvalue weighted by Crippen LogP contribution is -2.54. The van der Waals surface area contributed by atoms with Crippen LogP contribution in [0.5, 0.6) is 0 Å². The van der Waals surface area contributed by atoms with Crippen molar-refractivity contribution in [2.24, 2.45) is 11.8 Å². The van der Waals surface area contributed by atoms with E-state index < -0.39 is 60.2 Å². The van der Waals surface area contributed by atoms with Gasteiger partial charge in [-0.1, -0.05) is 109 Å². The molecule has 0 aliphatic rings. The van der Waals surface area contributed by atoms with Crippen LogP contribution in [0.15, 0.2) is 24.3 Å². The number of carbonyl (C=O) groups excluding carboxylic acids is 12. The number of likely N-dealkylation sites (N-methyl/N-ethyl adjacent to an activating group) is 1. The highest BCUT2D eigenvalue weighted by Gasteiger charge is 2.30. The summed E-state index contributed by atoms with van der Waals surface area (Å²) in [5, 5.41) is 18.0. The van der Waals surface area contributed by atoms with Crippen LogP contribution >= 0.6 is 23.5 Å². The zero-order valence-electron chi connectivity index (χ0n) is 54.9. The zero-order chi connectivity index (χ0) is 65.8. The van der Waals surface area contributed by atoms with Crippen LogP contribution < -0.4 is 37.2 Å². The van der Waals surface area contributed by atoms with Crippen LogP contribution in [0.1, 0.15) is 177 Å². The molecule has 1 aromatic carbocycles. The molecule has 0 aromatic heterocycles. The number of quaternary nitrogens is 2. The number of amides is 9. The average molecular weight is 1210 g/mol. The van der Waals surface area contributed by atoms with Gasteiger partial charge in [-0.2, -0.15) is 23.5 Å². The summed E-state index contributed by atoms with van der Waals surface area (Å²) in [4.78, 5) is 146. The predicted molar refractivity (Wildman–Crippen MR) is 338 cm³/mol. The van der Waals surface area contributed by atoms with Crippen molar-refractivity contribution in [1.29, 1.82) is 0 Å². The number of nitrogens with zero attached hydrogens (tertiary/aromatic N) is 2. The Morgan fingerprint density at radius 3 is 1.43 bits per heavy atom. The van der Waals surface area contributed by atoms with Crippen molar-refractivity contribution in [3.05, 3.63) is 35.4 Å². The molecule has 1 aromatic rings. The summed E-state index contributed by atoms with van der Waals surface area (Å²) in [6.07, 6.45) is 1.78. The van der Waals surface area contributed by atoms with Crippen molar-refractivity contribution in [2.75, 3.05) is 78.7 Å². The van der Waals surface area contributed by atoms with Gasteiger partial charge in [0.15, 0.2) is 17.3 Å². The lowest BCUT2D eigenvalue weighted by atomic mass is 9.99. The van der Waals surface area contributed by atoms with Crippen molar-refractivity contribution in [1.82, 2.24) is 37.2 Å². The molecule has 9 amide bonds. The molecule has 23 heteroatoms. The lowest BCUT2D eigenvalue weighted by Gasteiger charge is -2.24. The summed E-state index contributed by atoms with van der Waals surface area (Å²) in [7, 11) is 8.79. The van der Waals surface area contributed by atoms with E-state index in [2.05, 4.69) is 64.9 Å². The Balaban J connectivity index is -0.000000549. The van der Waals surface area contributed by atoms with Crippen molar-refractivity contribution in [2.45, 2.75) is 186 Å². The molecule has 0 radical (unpaired) electrons. The third kappa shape index (κ3) is 42.0. The maximum atomic E-state index is 13.2. The number of carbonyl (C=O) groups is 12. The van der Waals surface area contributed by atoms with Gasteiger partial charge in [0.25, 0.3) is 5.91 Å². The van der Waals surface area contributed by atoms with Crippen LogP contribution in [0.2, 0.25) is 0 Å². The Bertz CT molecular complexity index is 2130. The molecule has 0 saturated carbocycles. The molecule has 83 heavy (non-hydrogen) atoms. The Labute approximate surface area is 507 Å². The first-order valence-corrected chi connectivity index (χ1v) is 31.4. The number of thioether (sulfide) groups is 2. The van der Waals surface area contributed by atoms with Gasteiger partial charge in [-0.25, -0.2) is 9.59 Å². The molecule has 0 heterocycles. The number of hydrogen-bond donors (Lipinski definition) is 7. The summed E-state index contributed by atoms with van der Waals surface area (Å²) in [6, 6.07) is 2.78. The van der Waals surface area contributed by atoms with Crippen molar-refractivity contribution in [3.63, 3.8) is 0 Å². The molecule has 0 aliphatic heterocycles. The van der Waals surface area contributed by atoms with Crippen LogP contribution in [0.4, 0.5) is 0 Å². The Hall–Kier alpha value is -5.52. The minimum atomic E-state index is -1.26. The van der Waals surface area contributed by atoms with Gasteiger partial charge in [-0.05, 0) is 70.1 Å². The van der Waals surface area contributed by atoms with Crippen LogP contribution in [0, 0.1) is 11.8 Å². The minimum Gasteiger partial charge on any atom is -0.347 e. The first kappa shape index (κ1) is 86.3. The highest BCUT2D eigenvalue weighted by molar-refractivity contribution is 8.00. The summed E-state index contributed by atoms with van der Waals surface area (Å²) < 4.78 is 0.452. The topological polar surface area (TPSA) is 289 Å². The fourth-order valence-corrected chi connectivity index (χ4v) is 7.68. The smallest absolute Gasteiger partial charge is 0.332 e. The van der Waals surface area contributed by atoms with Crippen molar-refractivity contribution < 1.29 is 66.5 Å². The molecule has 5 atom stereocenters. The fourth-order valence-electron chi connectivity index (χ4n) is 5.85. The second kappa shape index (κ2) is 48.8. The first-order chi connectivity index (χ1) is 38.6. The summed E-state index contributed by atoms with van der Waals surface area (Å²) in [5.41, 5.74) is 0.731. The Morgan fingerprint density at radius 2 is 1.01 bits per heavy atom. The predicted octanol–water partition coefficient (Wildman–Crippen LogP) is 6.05. The molecule has 21 nitrogen and oxygen atoms in total. The normalized spacial score (nSPS) is 12.3. The summed E-state index contributed by atoms with van der Waals surface area (Å²) in [5.74, 6) is -2.17. The molecular weight excluding hydrogens is 1100 g/mol. The van der Waals surface area contributed by atoms with E-state index in [1.165, 1.54) is 39.3 Å². The van der Waals surface area contributed by atoms with Gasteiger partial charge in [0.2, 0.25) is 35.4 Å². The third-order valence-electron chi connectivity index (χ3n) is 11.6. The van der Waals surface area contributed by atoms with E-state index in [4.69, 9.17) is 0 Å². The SMILES string of the molecule is CC.CC.CCC.CCC(=O)NCC(=O)NC(C)C(C)=O.CCC(=O)[N+](C)(C)CC.CCSCC(CSC(C)C)C(=O)c1ccc(C(=O)NCC(=O)NC(CCC(=O)NC(C(=O)NC(C)C(C)=O)C(C)C)C(=O)NCC(=O)[N+](C)(C)C)cc1. The van der Waals surface area contributed by atoms with Gasteiger partial charge in [0.05, 0.1) is 73.4 Å². The number of nitrogens with one attached hydrogen (secondary N) is 7. The van der Waals surface area contributed by atoms with Crippen LogP contribution in [-0.2, 0) is 47.9 Å². The second-order valence-corrected chi connectivity index (χ2v) is 23.7. The molecule has 5 unspecified atom stereocenters. The van der Waals surface area contributed by atoms with E-state index >= 15 is 0 Å². The zero-order valence-corrected chi connectivity index (χ0v) is 56.6. The largest absolute Gasteiger partial charge is 0.347 e. The number of rotatable bonds is 30. The Kier molecular flexibility index (Phi) is 50.7. The fraction of sp³-hybridized carbons (Fsp3) is 0.700. The van der Waals surface area contributed by atoms with Crippen LogP contribution in [-0.4, -0.2) is 188 Å². The minimum absolute atomic E-state index is 0.0113. The number of ketones is 3. The molecule has 0 bridgehead atoms. The number of hydrogen-bond acceptors (Lipinski definition) is 14. The van der Waals surface area contributed by atoms with Gasteiger partial charge in [-0.15, -0.1) is 0 Å². The Morgan fingerprint density at radius 1 is 0.530 bits per heavy atom. The quantitative estimate of drug-likeness (QED) is 0.0341. The van der Waals surface area contributed by atoms with Crippen molar-refractivity contribution in [3.8, 4) is 0 Å². The molecule has 0 saturated heterocycles. The van der Waals surface area contributed by atoms with E-state index in [9.17, 15) is 57.5 Å². The summed E-state index contributed by atoms with van der Waals surface area (Å²) >= 11 is 3.44. The molecule has 1 rings (SSSR count). The van der Waals surface area contributed by atoms with E-state index in [-0.39, 0.29) is 82.9 Å². The molecule has 478 valence electrons. The molecule has 0 aliphatic carbocycles. The lowest BCUT2D eigenvalue weighted by molar-refractivity contribution is -0.811. The average Bonchev–Trinajstić information content (AvgIpc) is 3.44.